The van der Waals surface area contributed by atoms with E-state index in [-0.39, 0.29) is 0 Å². The summed E-state index contributed by atoms with van der Waals surface area (Å²) in [5, 5.41) is 2.41. The Morgan fingerprint density at radius 1 is 0.469 bits per heavy atom. The molecule has 32 heavy (non-hydrogen) atoms. The smallest absolute Gasteiger partial charge is 0.203 e. The minimum absolute atomic E-state index is 0.551. The van der Waals surface area contributed by atoms with Gasteiger partial charge in [0.15, 0.2) is 11.5 Å². The van der Waals surface area contributed by atoms with E-state index in [9.17, 15) is 0 Å². The molecular weight excluding hydrogens is 396 g/mol. The number of methoxy groups -OCH3 is 3. The average Bonchev–Trinajstić information content (AvgIpc) is 2.85. The Kier molecular flexibility index (Phi) is 6.30. The van der Waals surface area contributed by atoms with Gasteiger partial charge in [-0.05, 0) is 59.3 Å². The van der Waals surface area contributed by atoms with Gasteiger partial charge in [0, 0.05) is 22.3 Å². The summed E-state index contributed by atoms with van der Waals surface area (Å²) in [5.41, 5.74) is 3.61. The SMILES string of the molecule is COc1cc(C#Cc2ccc(C#Cc3ccc4ccccc4c3)cc2)cc(OC)c1OC. The average molecular weight is 418 g/mol. The van der Waals surface area contributed by atoms with E-state index >= 15 is 0 Å². The van der Waals surface area contributed by atoms with E-state index in [1.165, 1.54) is 10.8 Å². The van der Waals surface area contributed by atoms with Crippen molar-refractivity contribution in [2.45, 2.75) is 0 Å². The fourth-order valence-corrected chi connectivity index (χ4v) is 3.35. The van der Waals surface area contributed by atoms with Crippen LogP contribution in [0.4, 0.5) is 0 Å². The van der Waals surface area contributed by atoms with E-state index in [1.807, 2.05) is 54.6 Å². The molecule has 0 heterocycles. The van der Waals surface area contributed by atoms with Gasteiger partial charge in [-0.15, -0.1) is 0 Å². The van der Waals surface area contributed by atoms with Crippen LogP contribution in [0.5, 0.6) is 17.2 Å². The van der Waals surface area contributed by atoms with E-state index in [0.717, 1.165) is 22.3 Å². The van der Waals surface area contributed by atoms with Crippen molar-refractivity contribution in [3.63, 3.8) is 0 Å². The lowest BCUT2D eigenvalue weighted by atomic mass is 10.1. The first-order valence-electron chi connectivity index (χ1n) is 10.1. The van der Waals surface area contributed by atoms with Gasteiger partial charge in [0.2, 0.25) is 5.75 Å². The fraction of sp³-hybridized carbons (Fsp3) is 0.103. The zero-order valence-corrected chi connectivity index (χ0v) is 18.2. The molecule has 3 heteroatoms. The van der Waals surface area contributed by atoms with E-state index in [4.69, 9.17) is 14.2 Å². The van der Waals surface area contributed by atoms with Crippen LogP contribution < -0.4 is 14.2 Å². The van der Waals surface area contributed by atoms with Gasteiger partial charge in [-0.3, -0.25) is 0 Å². The molecule has 0 bridgehead atoms. The van der Waals surface area contributed by atoms with Crippen LogP contribution in [0.25, 0.3) is 10.8 Å². The summed E-state index contributed by atoms with van der Waals surface area (Å²) in [6.45, 7) is 0. The number of hydrogen-bond donors (Lipinski definition) is 0. The predicted molar refractivity (Wildman–Crippen MR) is 128 cm³/mol. The third kappa shape index (κ3) is 4.69. The van der Waals surface area contributed by atoms with Crippen LogP contribution in [-0.4, -0.2) is 21.3 Å². The molecule has 0 saturated heterocycles. The summed E-state index contributed by atoms with van der Waals surface area (Å²) in [5.74, 6) is 14.5. The Labute approximate surface area is 188 Å². The monoisotopic (exact) mass is 418 g/mol. The number of hydrogen-bond acceptors (Lipinski definition) is 3. The van der Waals surface area contributed by atoms with Crippen LogP contribution in [0.2, 0.25) is 0 Å². The molecule has 4 aromatic rings. The molecule has 4 rings (SSSR count). The fourth-order valence-electron chi connectivity index (χ4n) is 3.35. The van der Waals surface area contributed by atoms with Crippen LogP contribution in [0.3, 0.4) is 0 Å². The van der Waals surface area contributed by atoms with Gasteiger partial charge in [0.05, 0.1) is 21.3 Å². The Balaban J connectivity index is 1.53. The van der Waals surface area contributed by atoms with Crippen molar-refractivity contribution in [2.24, 2.45) is 0 Å². The largest absolute Gasteiger partial charge is 0.493 e. The maximum atomic E-state index is 5.39. The van der Waals surface area contributed by atoms with Crippen LogP contribution in [0, 0.1) is 23.7 Å². The Bertz CT molecular complexity index is 1350. The molecule has 0 atom stereocenters. The van der Waals surface area contributed by atoms with Gasteiger partial charge in [-0.1, -0.05) is 54.0 Å². The van der Waals surface area contributed by atoms with E-state index in [0.29, 0.717) is 17.2 Å². The first-order chi connectivity index (χ1) is 15.7. The second kappa shape index (κ2) is 9.65. The quantitative estimate of drug-likeness (QED) is 0.402. The van der Waals surface area contributed by atoms with Gasteiger partial charge < -0.3 is 14.2 Å². The molecule has 156 valence electrons. The Morgan fingerprint density at radius 2 is 0.969 bits per heavy atom. The molecule has 0 saturated carbocycles. The number of rotatable bonds is 3. The topological polar surface area (TPSA) is 27.7 Å². The van der Waals surface area contributed by atoms with Crippen molar-refractivity contribution < 1.29 is 14.2 Å². The molecular formula is C29H22O3. The number of benzene rings is 4. The van der Waals surface area contributed by atoms with Gasteiger partial charge in [0.25, 0.3) is 0 Å². The number of ether oxygens (including phenoxy) is 3. The summed E-state index contributed by atoms with van der Waals surface area (Å²) in [7, 11) is 4.76. The highest BCUT2D eigenvalue weighted by molar-refractivity contribution is 5.83. The highest BCUT2D eigenvalue weighted by atomic mass is 16.5. The van der Waals surface area contributed by atoms with Crippen molar-refractivity contribution in [1.82, 2.24) is 0 Å². The minimum atomic E-state index is 0.551. The first kappa shape index (κ1) is 20.9. The lowest BCUT2D eigenvalue weighted by molar-refractivity contribution is 0.324. The van der Waals surface area contributed by atoms with Gasteiger partial charge in [-0.25, -0.2) is 0 Å². The molecule has 3 nitrogen and oxygen atoms in total. The first-order valence-corrected chi connectivity index (χ1v) is 10.1. The summed E-state index contributed by atoms with van der Waals surface area (Å²) >= 11 is 0. The molecule has 0 aliphatic rings. The summed E-state index contributed by atoms with van der Waals surface area (Å²) in [6.07, 6.45) is 0. The molecule has 0 spiro atoms. The standard InChI is InChI=1S/C29H22O3/c1-30-27-19-24(20-28(31-2)29(27)32-3)15-13-22-10-8-21(9-11-22)12-14-23-16-17-25-6-4-5-7-26(25)18-23/h4-11,16-20H,1-3H3. The summed E-state index contributed by atoms with van der Waals surface area (Å²) in [4.78, 5) is 0. The van der Waals surface area contributed by atoms with Crippen molar-refractivity contribution >= 4 is 10.8 Å². The zero-order valence-electron chi connectivity index (χ0n) is 18.2. The molecule has 4 aromatic carbocycles. The van der Waals surface area contributed by atoms with Crippen LogP contribution in [0.1, 0.15) is 22.3 Å². The Hall–Kier alpha value is -4.34. The number of fused-ring (bicyclic) bond motifs is 1. The maximum Gasteiger partial charge on any atom is 0.203 e. The molecule has 0 N–H and O–H groups in total. The van der Waals surface area contributed by atoms with Crippen LogP contribution >= 0.6 is 0 Å². The molecule has 0 fully saturated rings. The van der Waals surface area contributed by atoms with Gasteiger partial charge in [-0.2, -0.15) is 0 Å². The molecule has 0 aliphatic heterocycles. The van der Waals surface area contributed by atoms with Gasteiger partial charge in [0.1, 0.15) is 0 Å². The minimum Gasteiger partial charge on any atom is -0.493 e. The zero-order chi connectivity index (χ0) is 22.3. The van der Waals surface area contributed by atoms with Crippen molar-refractivity contribution in [2.75, 3.05) is 21.3 Å². The molecule has 0 aliphatic carbocycles. The van der Waals surface area contributed by atoms with Crippen molar-refractivity contribution in [3.8, 4) is 40.9 Å². The maximum absolute atomic E-state index is 5.39. The van der Waals surface area contributed by atoms with Crippen molar-refractivity contribution in [1.29, 1.82) is 0 Å². The Morgan fingerprint density at radius 3 is 1.53 bits per heavy atom. The van der Waals surface area contributed by atoms with E-state index < -0.39 is 0 Å². The van der Waals surface area contributed by atoms with Crippen LogP contribution in [0.15, 0.2) is 78.9 Å². The van der Waals surface area contributed by atoms with E-state index in [1.54, 1.807) is 21.3 Å². The second-order valence-corrected chi connectivity index (χ2v) is 7.05. The lowest BCUT2D eigenvalue weighted by Gasteiger charge is -2.12. The third-order valence-corrected chi connectivity index (χ3v) is 5.00. The summed E-state index contributed by atoms with van der Waals surface area (Å²) < 4.78 is 16.1. The molecule has 0 aromatic heterocycles. The highest BCUT2D eigenvalue weighted by Crippen LogP contribution is 2.37. The predicted octanol–water partition coefficient (Wildman–Crippen LogP) is 5.67. The molecule has 0 radical (unpaired) electrons. The molecule has 0 amide bonds. The normalized spacial score (nSPS) is 9.84. The lowest BCUT2D eigenvalue weighted by Crippen LogP contribution is -1.95. The highest BCUT2D eigenvalue weighted by Gasteiger charge is 2.12. The molecule has 0 unspecified atom stereocenters. The van der Waals surface area contributed by atoms with Gasteiger partial charge >= 0.3 is 0 Å². The van der Waals surface area contributed by atoms with Crippen molar-refractivity contribution in [3.05, 3.63) is 101 Å². The third-order valence-electron chi connectivity index (χ3n) is 5.00. The van der Waals surface area contributed by atoms with E-state index in [2.05, 4.69) is 47.9 Å². The summed E-state index contributed by atoms with van der Waals surface area (Å²) in [6, 6.07) is 26.1. The van der Waals surface area contributed by atoms with Crippen LogP contribution in [-0.2, 0) is 0 Å². The second-order valence-electron chi connectivity index (χ2n) is 7.05.